The van der Waals surface area contributed by atoms with Crippen LogP contribution in [0, 0.1) is 5.92 Å². The van der Waals surface area contributed by atoms with Gasteiger partial charge in [0.25, 0.3) is 0 Å². The minimum absolute atomic E-state index is 0.0809. The van der Waals surface area contributed by atoms with Crippen LogP contribution in [-0.2, 0) is 11.3 Å². The topological polar surface area (TPSA) is 21.3 Å². The highest BCUT2D eigenvalue weighted by Crippen LogP contribution is 2.36. The van der Waals surface area contributed by atoms with E-state index in [1.807, 2.05) is 0 Å². The quantitative estimate of drug-likeness (QED) is 0.836. The molecule has 2 nitrogen and oxygen atoms in total. The fourth-order valence-corrected chi connectivity index (χ4v) is 2.74. The Morgan fingerprint density at radius 3 is 2.60 bits per heavy atom. The molecule has 0 bridgehead atoms. The van der Waals surface area contributed by atoms with Crippen molar-refractivity contribution in [1.82, 2.24) is 5.32 Å². The van der Waals surface area contributed by atoms with Crippen LogP contribution in [0.4, 0.5) is 13.2 Å². The Kier molecular flexibility index (Phi) is 5.74. The zero-order valence-corrected chi connectivity index (χ0v) is 11.9. The number of alkyl halides is 3. The molecule has 112 valence electrons. The van der Waals surface area contributed by atoms with E-state index in [4.69, 9.17) is 4.74 Å². The minimum Gasteiger partial charge on any atom is -0.381 e. The van der Waals surface area contributed by atoms with Gasteiger partial charge in [0.2, 0.25) is 0 Å². The molecule has 0 amide bonds. The maximum absolute atomic E-state index is 12.2. The Balaban J connectivity index is 1.73. The lowest BCUT2D eigenvalue weighted by molar-refractivity contribution is -0.0328. The van der Waals surface area contributed by atoms with Crippen molar-refractivity contribution in [3.8, 4) is 0 Å². The number of thioether (sulfide) groups is 1. The first-order valence-corrected chi connectivity index (χ1v) is 7.48. The molecule has 20 heavy (non-hydrogen) atoms. The second kappa shape index (κ2) is 7.33. The number of rotatable bonds is 5. The van der Waals surface area contributed by atoms with Gasteiger partial charge in [0.05, 0.1) is 6.61 Å². The van der Waals surface area contributed by atoms with Gasteiger partial charge in [0.15, 0.2) is 0 Å². The van der Waals surface area contributed by atoms with E-state index >= 15 is 0 Å². The second-order valence-corrected chi connectivity index (χ2v) is 6.04. The monoisotopic (exact) mass is 305 g/mol. The Morgan fingerprint density at radius 1 is 1.25 bits per heavy atom. The van der Waals surface area contributed by atoms with Crippen LogP contribution in [0.15, 0.2) is 29.2 Å². The SMILES string of the molecule is FC(F)(F)Sc1ccc(CNCC2CCCOC2)cc1. The molecule has 0 spiro atoms. The summed E-state index contributed by atoms with van der Waals surface area (Å²) in [7, 11) is 0. The second-order valence-electron chi connectivity index (χ2n) is 4.91. The highest BCUT2D eigenvalue weighted by atomic mass is 32.2. The van der Waals surface area contributed by atoms with E-state index in [9.17, 15) is 13.2 Å². The highest BCUT2D eigenvalue weighted by molar-refractivity contribution is 8.00. The van der Waals surface area contributed by atoms with Crippen molar-refractivity contribution < 1.29 is 17.9 Å². The molecule has 2 rings (SSSR count). The van der Waals surface area contributed by atoms with Crippen LogP contribution < -0.4 is 5.32 Å². The number of nitrogens with one attached hydrogen (secondary N) is 1. The zero-order chi connectivity index (χ0) is 14.4. The van der Waals surface area contributed by atoms with Crippen LogP contribution in [0.2, 0.25) is 0 Å². The summed E-state index contributed by atoms with van der Waals surface area (Å²) < 4.78 is 42.0. The van der Waals surface area contributed by atoms with E-state index in [-0.39, 0.29) is 16.7 Å². The average Bonchev–Trinajstić information content (AvgIpc) is 2.40. The van der Waals surface area contributed by atoms with Gasteiger partial charge in [0, 0.05) is 24.6 Å². The van der Waals surface area contributed by atoms with Crippen molar-refractivity contribution in [3.63, 3.8) is 0 Å². The van der Waals surface area contributed by atoms with Crippen LogP contribution in [0.1, 0.15) is 18.4 Å². The van der Waals surface area contributed by atoms with Crippen LogP contribution in [0.5, 0.6) is 0 Å². The lowest BCUT2D eigenvalue weighted by atomic mass is 10.0. The molecule has 0 aromatic heterocycles. The van der Waals surface area contributed by atoms with Gasteiger partial charge in [-0.2, -0.15) is 13.2 Å². The predicted molar refractivity (Wildman–Crippen MR) is 73.6 cm³/mol. The van der Waals surface area contributed by atoms with Crippen molar-refractivity contribution in [2.24, 2.45) is 5.92 Å². The first kappa shape index (κ1) is 15.7. The summed E-state index contributed by atoms with van der Waals surface area (Å²) in [4.78, 5) is 0.224. The lowest BCUT2D eigenvalue weighted by Crippen LogP contribution is -2.28. The number of ether oxygens (including phenoxy) is 1. The highest BCUT2D eigenvalue weighted by Gasteiger charge is 2.28. The summed E-state index contributed by atoms with van der Waals surface area (Å²) in [6, 6.07) is 6.49. The van der Waals surface area contributed by atoms with Crippen LogP contribution in [-0.4, -0.2) is 25.3 Å². The molecule has 1 aromatic rings. The number of halogens is 3. The van der Waals surface area contributed by atoms with Gasteiger partial charge in [0.1, 0.15) is 0 Å². The molecule has 0 saturated carbocycles. The first-order chi connectivity index (χ1) is 9.53. The van der Waals surface area contributed by atoms with Gasteiger partial charge in [-0.15, -0.1) is 0 Å². The summed E-state index contributed by atoms with van der Waals surface area (Å²) in [6.45, 7) is 3.22. The number of hydrogen-bond acceptors (Lipinski definition) is 3. The van der Waals surface area contributed by atoms with Crippen molar-refractivity contribution in [1.29, 1.82) is 0 Å². The fourth-order valence-electron chi connectivity index (χ4n) is 2.20. The minimum atomic E-state index is -4.22. The molecule has 1 N–H and O–H groups in total. The Bertz CT molecular complexity index is 402. The van der Waals surface area contributed by atoms with Gasteiger partial charge < -0.3 is 10.1 Å². The molecule has 6 heteroatoms. The van der Waals surface area contributed by atoms with E-state index in [0.717, 1.165) is 31.7 Å². The molecule has 1 unspecified atom stereocenters. The fraction of sp³-hybridized carbons (Fsp3) is 0.571. The molecule has 0 radical (unpaired) electrons. The molecule has 1 fully saturated rings. The third kappa shape index (κ3) is 5.73. The lowest BCUT2D eigenvalue weighted by Gasteiger charge is -2.22. The third-order valence-corrected chi connectivity index (χ3v) is 3.91. The maximum Gasteiger partial charge on any atom is 0.446 e. The molecule has 1 saturated heterocycles. The molecule has 1 aromatic carbocycles. The maximum atomic E-state index is 12.2. The summed E-state index contributed by atoms with van der Waals surface area (Å²) in [5.41, 5.74) is -3.23. The van der Waals surface area contributed by atoms with E-state index < -0.39 is 5.51 Å². The third-order valence-electron chi connectivity index (χ3n) is 3.17. The van der Waals surface area contributed by atoms with Crippen LogP contribution >= 0.6 is 11.8 Å². The predicted octanol–water partition coefficient (Wildman–Crippen LogP) is 3.81. The molecule has 1 aliphatic rings. The Labute approximate surface area is 121 Å². The molecule has 0 aliphatic carbocycles. The van der Waals surface area contributed by atoms with E-state index in [1.165, 1.54) is 18.6 Å². The molecular formula is C14H18F3NOS. The van der Waals surface area contributed by atoms with Crippen LogP contribution in [0.25, 0.3) is 0 Å². The van der Waals surface area contributed by atoms with Crippen molar-refractivity contribution in [2.45, 2.75) is 29.8 Å². The van der Waals surface area contributed by atoms with E-state index in [1.54, 1.807) is 12.1 Å². The van der Waals surface area contributed by atoms with Crippen LogP contribution in [0.3, 0.4) is 0 Å². The zero-order valence-electron chi connectivity index (χ0n) is 11.1. The van der Waals surface area contributed by atoms with Gasteiger partial charge in [-0.05, 0) is 48.2 Å². The molecule has 1 atom stereocenters. The number of benzene rings is 1. The molecule has 1 heterocycles. The van der Waals surface area contributed by atoms with Crippen molar-refractivity contribution >= 4 is 11.8 Å². The van der Waals surface area contributed by atoms with Gasteiger partial charge in [-0.1, -0.05) is 12.1 Å². The first-order valence-electron chi connectivity index (χ1n) is 6.66. The largest absolute Gasteiger partial charge is 0.446 e. The average molecular weight is 305 g/mol. The Hall–Kier alpha value is -0.720. The Morgan fingerprint density at radius 2 is 2.00 bits per heavy atom. The van der Waals surface area contributed by atoms with E-state index in [0.29, 0.717) is 12.5 Å². The van der Waals surface area contributed by atoms with E-state index in [2.05, 4.69) is 5.32 Å². The molecular weight excluding hydrogens is 287 g/mol. The van der Waals surface area contributed by atoms with Gasteiger partial charge >= 0.3 is 5.51 Å². The summed E-state index contributed by atoms with van der Waals surface area (Å²) in [5.74, 6) is 0.545. The summed E-state index contributed by atoms with van der Waals surface area (Å²) in [5, 5.41) is 3.33. The molecule has 1 aliphatic heterocycles. The van der Waals surface area contributed by atoms with Crippen molar-refractivity contribution in [3.05, 3.63) is 29.8 Å². The summed E-state index contributed by atoms with van der Waals surface area (Å²) in [6.07, 6.45) is 2.28. The van der Waals surface area contributed by atoms with Crippen molar-refractivity contribution in [2.75, 3.05) is 19.8 Å². The number of hydrogen-bond donors (Lipinski definition) is 1. The van der Waals surface area contributed by atoms with Gasteiger partial charge in [-0.25, -0.2) is 0 Å². The van der Waals surface area contributed by atoms with Gasteiger partial charge in [-0.3, -0.25) is 0 Å². The summed E-state index contributed by atoms with van der Waals surface area (Å²) >= 11 is -0.0809. The smallest absolute Gasteiger partial charge is 0.381 e. The standard InChI is InChI=1S/C14H18F3NOS/c15-14(16,17)20-13-5-3-11(4-6-13)8-18-9-12-2-1-7-19-10-12/h3-6,12,18H,1-2,7-10H2. The normalized spacial score (nSPS) is 20.1.